The molecule has 2 aromatic carbocycles. The molecule has 2 nitrogen and oxygen atoms in total. The van der Waals surface area contributed by atoms with Crippen molar-refractivity contribution in [2.75, 3.05) is 0 Å². The maximum absolute atomic E-state index is 4.70. The van der Waals surface area contributed by atoms with E-state index in [1.54, 1.807) is 0 Å². The van der Waals surface area contributed by atoms with Gasteiger partial charge in [-0.3, -0.25) is 4.99 Å². The molecule has 0 saturated carbocycles. The van der Waals surface area contributed by atoms with Crippen LogP contribution in [0.4, 0.5) is 5.69 Å². The van der Waals surface area contributed by atoms with Crippen molar-refractivity contribution in [3.63, 3.8) is 0 Å². The van der Waals surface area contributed by atoms with Gasteiger partial charge in [0.2, 0.25) is 0 Å². The van der Waals surface area contributed by atoms with Crippen molar-refractivity contribution < 1.29 is 0 Å². The average molecular weight is 359 g/mol. The molecule has 0 aliphatic heterocycles. The standard InChI is InChI=1S/C25H30N2/c1-6-18(3)22-10-12-24(13-11-22)26-17-23-16-19(4)27(20(23)5)25-14-8-21(7-2)9-15-25/h8-18H,6-7H2,1-5H3/t18-/m1/s1. The lowest BCUT2D eigenvalue weighted by atomic mass is 9.99. The smallest absolute Gasteiger partial charge is 0.0630 e. The molecule has 3 aromatic rings. The van der Waals surface area contributed by atoms with Crippen LogP contribution in [0.5, 0.6) is 0 Å². The van der Waals surface area contributed by atoms with E-state index in [0.717, 1.165) is 24.1 Å². The highest BCUT2D eigenvalue weighted by molar-refractivity contribution is 5.84. The van der Waals surface area contributed by atoms with Crippen LogP contribution in [0.1, 0.15) is 61.2 Å². The van der Waals surface area contributed by atoms with Gasteiger partial charge in [0, 0.05) is 28.9 Å². The van der Waals surface area contributed by atoms with Gasteiger partial charge in [0.15, 0.2) is 0 Å². The van der Waals surface area contributed by atoms with Crippen LogP contribution in [0, 0.1) is 13.8 Å². The second-order valence-corrected chi connectivity index (χ2v) is 7.34. The molecule has 1 atom stereocenters. The first-order chi connectivity index (χ1) is 13.0. The number of aliphatic imine (C=N–C) groups is 1. The van der Waals surface area contributed by atoms with Crippen molar-refractivity contribution in [1.82, 2.24) is 4.57 Å². The summed E-state index contributed by atoms with van der Waals surface area (Å²) in [6.07, 6.45) is 4.21. The minimum atomic E-state index is 0.598. The molecule has 0 N–H and O–H groups in total. The van der Waals surface area contributed by atoms with E-state index in [1.165, 1.54) is 28.2 Å². The molecule has 2 heteroatoms. The second kappa shape index (κ2) is 8.39. The Kier molecular flexibility index (Phi) is 5.95. The van der Waals surface area contributed by atoms with Crippen LogP contribution < -0.4 is 0 Å². The third kappa shape index (κ3) is 4.21. The van der Waals surface area contributed by atoms with Gasteiger partial charge in [-0.15, -0.1) is 0 Å². The molecule has 27 heavy (non-hydrogen) atoms. The summed E-state index contributed by atoms with van der Waals surface area (Å²) in [5.74, 6) is 0.598. The van der Waals surface area contributed by atoms with E-state index >= 15 is 0 Å². The van der Waals surface area contributed by atoms with Gasteiger partial charge in [0.25, 0.3) is 0 Å². The summed E-state index contributed by atoms with van der Waals surface area (Å²) in [6.45, 7) is 11.0. The van der Waals surface area contributed by atoms with Crippen molar-refractivity contribution in [2.45, 2.75) is 53.4 Å². The summed E-state index contributed by atoms with van der Waals surface area (Å²) in [4.78, 5) is 4.70. The zero-order chi connectivity index (χ0) is 19.4. The third-order valence-corrected chi connectivity index (χ3v) is 5.50. The molecule has 0 aliphatic carbocycles. The fourth-order valence-corrected chi connectivity index (χ4v) is 3.47. The van der Waals surface area contributed by atoms with E-state index in [0.29, 0.717) is 5.92 Å². The molecule has 0 bridgehead atoms. The fraction of sp³-hybridized carbons (Fsp3) is 0.320. The SMILES string of the molecule is CCc1ccc(-n2c(C)cc(C=Nc3ccc([C@H](C)CC)cc3)c2C)cc1. The van der Waals surface area contributed by atoms with Crippen LogP contribution in [0.25, 0.3) is 5.69 Å². The van der Waals surface area contributed by atoms with Crippen LogP contribution in [0.2, 0.25) is 0 Å². The van der Waals surface area contributed by atoms with E-state index in [-0.39, 0.29) is 0 Å². The van der Waals surface area contributed by atoms with Gasteiger partial charge in [0.1, 0.15) is 0 Å². The van der Waals surface area contributed by atoms with Crippen molar-refractivity contribution in [3.05, 3.63) is 82.7 Å². The quantitative estimate of drug-likeness (QED) is 0.425. The van der Waals surface area contributed by atoms with E-state index in [1.807, 2.05) is 6.21 Å². The van der Waals surface area contributed by atoms with Gasteiger partial charge >= 0.3 is 0 Å². The highest BCUT2D eigenvalue weighted by atomic mass is 15.0. The molecule has 0 radical (unpaired) electrons. The summed E-state index contributed by atoms with van der Waals surface area (Å²) < 4.78 is 2.30. The molecule has 1 aromatic heterocycles. The van der Waals surface area contributed by atoms with Crippen molar-refractivity contribution in [2.24, 2.45) is 4.99 Å². The van der Waals surface area contributed by atoms with Crippen LogP contribution in [0.3, 0.4) is 0 Å². The maximum atomic E-state index is 4.70. The molecular formula is C25H30N2. The largest absolute Gasteiger partial charge is 0.318 e. The highest BCUT2D eigenvalue weighted by Gasteiger charge is 2.09. The highest BCUT2D eigenvalue weighted by Crippen LogP contribution is 2.23. The number of benzene rings is 2. The van der Waals surface area contributed by atoms with Crippen LogP contribution in [-0.4, -0.2) is 10.8 Å². The van der Waals surface area contributed by atoms with Crippen LogP contribution in [-0.2, 0) is 6.42 Å². The summed E-state index contributed by atoms with van der Waals surface area (Å²) in [7, 11) is 0. The van der Waals surface area contributed by atoms with Gasteiger partial charge in [-0.25, -0.2) is 0 Å². The summed E-state index contributed by atoms with van der Waals surface area (Å²) in [5, 5.41) is 0. The zero-order valence-corrected chi connectivity index (χ0v) is 17.2. The summed E-state index contributed by atoms with van der Waals surface area (Å²) in [5.41, 5.74) is 8.56. The number of hydrogen-bond acceptors (Lipinski definition) is 1. The second-order valence-electron chi connectivity index (χ2n) is 7.34. The van der Waals surface area contributed by atoms with Crippen LogP contribution >= 0.6 is 0 Å². The lowest BCUT2D eigenvalue weighted by molar-refractivity contribution is 0.734. The van der Waals surface area contributed by atoms with Crippen molar-refractivity contribution >= 4 is 11.9 Å². The number of rotatable bonds is 6. The third-order valence-electron chi connectivity index (χ3n) is 5.50. The fourth-order valence-electron chi connectivity index (χ4n) is 3.47. The Morgan fingerprint density at radius 3 is 2.22 bits per heavy atom. The Labute approximate surface area is 163 Å². The molecule has 140 valence electrons. The first-order valence-electron chi connectivity index (χ1n) is 9.95. The summed E-state index contributed by atoms with van der Waals surface area (Å²) in [6, 6.07) is 19.6. The Morgan fingerprint density at radius 1 is 0.963 bits per heavy atom. The first kappa shape index (κ1) is 19.2. The minimum Gasteiger partial charge on any atom is -0.318 e. The number of aromatic nitrogens is 1. The lowest BCUT2D eigenvalue weighted by Crippen LogP contribution is -1.99. The molecular weight excluding hydrogens is 328 g/mol. The number of nitrogens with zero attached hydrogens (tertiary/aromatic N) is 2. The van der Waals surface area contributed by atoms with E-state index in [9.17, 15) is 0 Å². The first-order valence-corrected chi connectivity index (χ1v) is 9.95. The molecule has 0 spiro atoms. The maximum Gasteiger partial charge on any atom is 0.0630 e. The molecule has 0 fully saturated rings. The molecule has 1 heterocycles. The van der Waals surface area contributed by atoms with Crippen molar-refractivity contribution in [1.29, 1.82) is 0 Å². The van der Waals surface area contributed by atoms with Gasteiger partial charge < -0.3 is 4.57 Å². The normalized spacial score (nSPS) is 12.6. The van der Waals surface area contributed by atoms with Gasteiger partial charge in [-0.1, -0.05) is 45.0 Å². The lowest BCUT2D eigenvalue weighted by Gasteiger charge is -2.10. The molecule has 0 aliphatic rings. The Hall–Kier alpha value is -2.61. The minimum absolute atomic E-state index is 0.598. The van der Waals surface area contributed by atoms with E-state index in [2.05, 4.69) is 93.8 Å². The molecule has 0 unspecified atom stereocenters. The van der Waals surface area contributed by atoms with Gasteiger partial charge in [-0.2, -0.15) is 0 Å². The van der Waals surface area contributed by atoms with Crippen LogP contribution in [0.15, 0.2) is 59.6 Å². The Bertz CT molecular complexity index is 912. The predicted octanol–water partition coefficient (Wildman–Crippen LogP) is 6.92. The van der Waals surface area contributed by atoms with Crippen molar-refractivity contribution in [3.8, 4) is 5.69 Å². The number of hydrogen-bond donors (Lipinski definition) is 0. The predicted molar refractivity (Wildman–Crippen MR) is 117 cm³/mol. The number of aryl methyl sites for hydroxylation is 2. The molecule has 3 rings (SSSR count). The average Bonchev–Trinajstić information content (AvgIpc) is 2.99. The topological polar surface area (TPSA) is 17.3 Å². The van der Waals surface area contributed by atoms with Gasteiger partial charge in [0.05, 0.1) is 5.69 Å². The monoisotopic (exact) mass is 358 g/mol. The Morgan fingerprint density at radius 2 is 1.63 bits per heavy atom. The van der Waals surface area contributed by atoms with Gasteiger partial charge in [-0.05, 0) is 74.1 Å². The molecule has 0 amide bonds. The zero-order valence-electron chi connectivity index (χ0n) is 17.2. The molecule has 0 saturated heterocycles. The Balaban J connectivity index is 1.84. The summed E-state index contributed by atoms with van der Waals surface area (Å²) >= 11 is 0. The van der Waals surface area contributed by atoms with E-state index < -0.39 is 0 Å². The van der Waals surface area contributed by atoms with E-state index in [4.69, 9.17) is 4.99 Å².